The van der Waals surface area contributed by atoms with Gasteiger partial charge in [-0.3, -0.25) is 0 Å². The predicted octanol–water partition coefficient (Wildman–Crippen LogP) is 1.78. The van der Waals surface area contributed by atoms with Gasteiger partial charge in [-0.1, -0.05) is 61.6 Å². The topological polar surface area (TPSA) is 60.7 Å². The molecule has 0 aromatic carbocycles. The Morgan fingerprint density at radius 2 is 1.62 bits per heavy atom. The van der Waals surface area contributed by atoms with Gasteiger partial charge in [0.2, 0.25) is 0 Å². The first-order valence-electron chi connectivity index (χ1n) is 4.79. The first kappa shape index (κ1) is 13.6. The summed E-state index contributed by atoms with van der Waals surface area (Å²) in [7, 11) is 0. The summed E-state index contributed by atoms with van der Waals surface area (Å²) in [6, 6.07) is 0. The number of alkyl halides is 1. The molecule has 1 unspecified atom stereocenters. The molecule has 0 aliphatic carbocycles. The second-order valence-electron chi connectivity index (χ2n) is 3.36. The Kier molecular flexibility index (Phi) is 7.30. The van der Waals surface area contributed by atoms with E-state index in [0.29, 0.717) is 6.42 Å². The van der Waals surface area contributed by atoms with Crippen LogP contribution in [-0.4, -0.2) is 25.2 Å². The van der Waals surface area contributed by atoms with Crippen molar-refractivity contribution in [1.82, 2.24) is 0 Å². The largest absolute Gasteiger partial charge is 0.343 e. The van der Waals surface area contributed by atoms with Crippen LogP contribution in [-0.2, 0) is 0 Å². The van der Waals surface area contributed by atoms with Gasteiger partial charge in [0, 0.05) is 0 Å². The maximum atomic E-state index is 8.79. The molecule has 1 atom stereocenters. The van der Waals surface area contributed by atoms with Crippen LogP contribution in [0.4, 0.5) is 0 Å². The SMILES string of the molecule is CCCCCCCC(I)C(O)(O)O. The van der Waals surface area contributed by atoms with E-state index in [0.717, 1.165) is 12.8 Å². The van der Waals surface area contributed by atoms with E-state index in [1.54, 1.807) is 0 Å². The molecule has 0 fully saturated rings. The Morgan fingerprint density at radius 3 is 2.08 bits per heavy atom. The van der Waals surface area contributed by atoms with Crippen LogP contribution in [0.25, 0.3) is 0 Å². The molecule has 0 aromatic rings. The summed E-state index contributed by atoms with van der Waals surface area (Å²) in [5.74, 6) is -2.51. The van der Waals surface area contributed by atoms with Crippen LogP contribution < -0.4 is 0 Å². The van der Waals surface area contributed by atoms with E-state index in [1.165, 1.54) is 19.3 Å². The predicted molar refractivity (Wildman–Crippen MR) is 60.6 cm³/mol. The molecule has 0 rings (SSSR count). The molecule has 0 heterocycles. The zero-order chi connectivity index (χ0) is 10.3. The van der Waals surface area contributed by atoms with Crippen molar-refractivity contribution in [2.45, 2.75) is 55.3 Å². The third-order valence-corrected chi connectivity index (χ3v) is 3.44. The number of aliphatic hydroxyl groups is 3. The fraction of sp³-hybridized carbons (Fsp3) is 1.00. The van der Waals surface area contributed by atoms with Gasteiger partial charge in [-0.05, 0) is 6.42 Å². The van der Waals surface area contributed by atoms with Crippen molar-refractivity contribution >= 4 is 22.6 Å². The fourth-order valence-electron chi connectivity index (χ4n) is 1.12. The summed E-state index contributed by atoms with van der Waals surface area (Å²) in [6.07, 6.45) is 6.31. The van der Waals surface area contributed by atoms with Crippen molar-refractivity contribution in [2.75, 3.05) is 0 Å². The molecular weight excluding hydrogens is 283 g/mol. The molecule has 80 valence electrons. The molecule has 0 aromatic heterocycles. The molecule has 0 aliphatic heterocycles. The van der Waals surface area contributed by atoms with Crippen LogP contribution in [0.3, 0.4) is 0 Å². The van der Waals surface area contributed by atoms with Gasteiger partial charge in [0.25, 0.3) is 5.97 Å². The molecule has 0 spiro atoms. The van der Waals surface area contributed by atoms with Crippen LogP contribution in [0.5, 0.6) is 0 Å². The van der Waals surface area contributed by atoms with Gasteiger partial charge in [0.05, 0.1) is 3.92 Å². The zero-order valence-electron chi connectivity index (χ0n) is 8.04. The Labute approximate surface area is 93.3 Å². The van der Waals surface area contributed by atoms with E-state index in [1.807, 2.05) is 22.6 Å². The number of unbranched alkanes of at least 4 members (excludes halogenated alkanes) is 4. The minimum Gasteiger partial charge on any atom is -0.343 e. The third-order valence-electron chi connectivity index (χ3n) is 1.98. The molecular formula is C9H19IO3. The highest BCUT2D eigenvalue weighted by Crippen LogP contribution is 2.20. The smallest absolute Gasteiger partial charge is 0.287 e. The molecule has 0 aliphatic rings. The Bertz CT molecular complexity index is 123. The van der Waals surface area contributed by atoms with Crippen molar-refractivity contribution in [2.24, 2.45) is 0 Å². The summed E-state index contributed by atoms with van der Waals surface area (Å²) < 4.78 is -0.494. The lowest BCUT2D eigenvalue weighted by Crippen LogP contribution is -2.37. The highest BCUT2D eigenvalue weighted by Gasteiger charge is 2.28. The molecule has 3 nitrogen and oxygen atoms in total. The van der Waals surface area contributed by atoms with Crippen LogP contribution in [0.1, 0.15) is 45.4 Å². The summed E-state index contributed by atoms with van der Waals surface area (Å²) >= 11 is 1.86. The second-order valence-corrected chi connectivity index (χ2v) is 4.86. The van der Waals surface area contributed by atoms with E-state index in [9.17, 15) is 0 Å². The first-order chi connectivity index (χ1) is 5.98. The highest BCUT2D eigenvalue weighted by atomic mass is 127. The van der Waals surface area contributed by atoms with Gasteiger partial charge in [0.15, 0.2) is 0 Å². The Hall–Kier alpha value is 0.610. The lowest BCUT2D eigenvalue weighted by molar-refractivity contribution is -0.307. The van der Waals surface area contributed by atoms with Gasteiger partial charge >= 0.3 is 0 Å². The molecule has 0 bridgehead atoms. The van der Waals surface area contributed by atoms with Crippen LogP contribution in [0.2, 0.25) is 0 Å². The average Bonchev–Trinajstić information content (AvgIpc) is 2.02. The normalized spacial score (nSPS) is 14.5. The molecule has 0 amide bonds. The standard InChI is InChI=1S/C9H19IO3/c1-2-3-4-5-6-7-8(10)9(11,12)13/h8,11-13H,2-7H2,1H3. The summed E-state index contributed by atoms with van der Waals surface area (Å²) in [6.45, 7) is 2.15. The average molecular weight is 302 g/mol. The summed E-state index contributed by atoms with van der Waals surface area (Å²) in [5.41, 5.74) is 0. The lowest BCUT2D eigenvalue weighted by atomic mass is 10.1. The van der Waals surface area contributed by atoms with Gasteiger partial charge < -0.3 is 15.3 Å². The zero-order valence-corrected chi connectivity index (χ0v) is 10.2. The molecule has 4 heteroatoms. The van der Waals surface area contributed by atoms with Crippen molar-refractivity contribution in [1.29, 1.82) is 0 Å². The highest BCUT2D eigenvalue weighted by molar-refractivity contribution is 14.1. The molecule has 3 N–H and O–H groups in total. The van der Waals surface area contributed by atoms with E-state index in [-0.39, 0.29) is 0 Å². The van der Waals surface area contributed by atoms with E-state index in [2.05, 4.69) is 6.92 Å². The van der Waals surface area contributed by atoms with Crippen molar-refractivity contribution in [3.05, 3.63) is 0 Å². The lowest BCUT2D eigenvalue weighted by Gasteiger charge is -2.20. The van der Waals surface area contributed by atoms with Crippen LogP contribution in [0.15, 0.2) is 0 Å². The fourth-order valence-corrected chi connectivity index (χ4v) is 1.56. The van der Waals surface area contributed by atoms with Crippen molar-refractivity contribution in [3.8, 4) is 0 Å². The number of rotatable bonds is 7. The van der Waals surface area contributed by atoms with E-state index >= 15 is 0 Å². The van der Waals surface area contributed by atoms with Crippen LogP contribution in [0, 0.1) is 0 Å². The quantitative estimate of drug-likeness (QED) is 0.291. The van der Waals surface area contributed by atoms with E-state index < -0.39 is 9.90 Å². The molecule has 13 heavy (non-hydrogen) atoms. The maximum Gasteiger partial charge on any atom is 0.287 e. The Morgan fingerprint density at radius 1 is 1.08 bits per heavy atom. The van der Waals surface area contributed by atoms with Crippen molar-refractivity contribution in [3.63, 3.8) is 0 Å². The number of hydrogen-bond donors (Lipinski definition) is 3. The maximum absolute atomic E-state index is 8.79. The third kappa shape index (κ3) is 7.66. The summed E-state index contributed by atoms with van der Waals surface area (Å²) in [4.78, 5) is 0. The second kappa shape index (κ2) is 6.98. The number of hydrogen-bond acceptors (Lipinski definition) is 3. The van der Waals surface area contributed by atoms with Crippen LogP contribution >= 0.6 is 22.6 Å². The minimum absolute atomic E-state index is 0.494. The molecule has 0 radical (unpaired) electrons. The van der Waals surface area contributed by atoms with Gasteiger partial charge in [-0.2, -0.15) is 0 Å². The van der Waals surface area contributed by atoms with E-state index in [4.69, 9.17) is 15.3 Å². The first-order valence-corrected chi connectivity index (χ1v) is 6.04. The number of halogens is 1. The summed E-state index contributed by atoms with van der Waals surface area (Å²) in [5, 5.41) is 26.4. The monoisotopic (exact) mass is 302 g/mol. The molecule has 0 saturated carbocycles. The minimum atomic E-state index is -2.51. The van der Waals surface area contributed by atoms with Gasteiger partial charge in [-0.15, -0.1) is 0 Å². The molecule has 0 saturated heterocycles. The van der Waals surface area contributed by atoms with Gasteiger partial charge in [0.1, 0.15) is 0 Å². The van der Waals surface area contributed by atoms with Crippen molar-refractivity contribution < 1.29 is 15.3 Å². The van der Waals surface area contributed by atoms with Gasteiger partial charge in [-0.25, -0.2) is 0 Å². The Balaban J connectivity index is 3.32.